The van der Waals surface area contributed by atoms with Crippen LogP contribution in [0.15, 0.2) is 36.4 Å². The highest BCUT2D eigenvalue weighted by Gasteiger charge is 2.15. The first-order valence-corrected chi connectivity index (χ1v) is 6.68. The van der Waals surface area contributed by atoms with Gasteiger partial charge < -0.3 is 15.6 Å². The van der Waals surface area contributed by atoms with E-state index in [4.69, 9.17) is 10.5 Å². The van der Waals surface area contributed by atoms with E-state index in [0.29, 0.717) is 12.3 Å². The summed E-state index contributed by atoms with van der Waals surface area (Å²) in [5.41, 5.74) is 6.55. The Hall–Kier alpha value is -1.36. The van der Waals surface area contributed by atoms with Gasteiger partial charge in [0.05, 0.1) is 6.61 Å². The topological polar surface area (TPSA) is 55.5 Å². The lowest BCUT2D eigenvalue weighted by atomic mass is 10.2. The standard InChI is InChI=1S/C14H17NO2S/c1-10-6-7-14(18-10)13(8-15)17-12-5-3-2-4-11(12)9-16/h2-7,13,16H,8-9,15H2,1H3. The van der Waals surface area contributed by atoms with Gasteiger partial charge in [-0.1, -0.05) is 18.2 Å². The Labute approximate surface area is 111 Å². The lowest BCUT2D eigenvalue weighted by molar-refractivity contribution is 0.206. The fourth-order valence-electron chi connectivity index (χ4n) is 1.75. The Morgan fingerprint density at radius 3 is 2.67 bits per heavy atom. The van der Waals surface area contributed by atoms with Crippen molar-refractivity contribution in [2.24, 2.45) is 5.73 Å². The fraction of sp³-hybridized carbons (Fsp3) is 0.286. The van der Waals surface area contributed by atoms with Gasteiger partial charge in [0, 0.05) is 21.9 Å². The summed E-state index contributed by atoms with van der Waals surface area (Å²) >= 11 is 1.69. The van der Waals surface area contributed by atoms with Gasteiger partial charge in [0.15, 0.2) is 0 Å². The van der Waals surface area contributed by atoms with Crippen LogP contribution in [0.3, 0.4) is 0 Å². The summed E-state index contributed by atoms with van der Waals surface area (Å²) in [5.74, 6) is 0.696. The smallest absolute Gasteiger partial charge is 0.145 e. The number of rotatable bonds is 5. The molecule has 1 unspecified atom stereocenters. The van der Waals surface area contributed by atoms with Crippen LogP contribution in [0, 0.1) is 6.92 Å². The number of para-hydroxylation sites is 1. The Bertz CT molecular complexity index is 510. The summed E-state index contributed by atoms with van der Waals surface area (Å²) in [6, 6.07) is 11.6. The molecule has 3 N–H and O–H groups in total. The van der Waals surface area contributed by atoms with E-state index in [1.54, 1.807) is 11.3 Å². The van der Waals surface area contributed by atoms with E-state index in [1.165, 1.54) is 4.88 Å². The number of thiophene rings is 1. The molecule has 0 amide bonds. The minimum absolute atomic E-state index is 0.0308. The lowest BCUT2D eigenvalue weighted by Crippen LogP contribution is -2.18. The van der Waals surface area contributed by atoms with Crippen LogP contribution in [0.4, 0.5) is 0 Å². The third kappa shape index (κ3) is 2.90. The highest BCUT2D eigenvalue weighted by molar-refractivity contribution is 7.12. The van der Waals surface area contributed by atoms with E-state index in [9.17, 15) is 5.11 Å². The van der Waals surface area contributed by atoms with E-state index in [1.807, 2.05) is 30.3 Å². The molecule has 1 aromatic carbocycles. The number of aliphatic hydroxyl groups is 1. The van der Waals surface area contributed by atoms with Gasteiger partial charge in [-0.05, 0) is 25.1 Å². The van der Waals surface area contributed by atoms with Gasteiger partial charge in [0.25, 0.3) is 0 Å². The molecule has 1 heterocycles. The molecule has 0 bridgehead atoms. The molecule has 1 atom stereocenters. The molecule has 1 aromatic heterocycles. The van der Waals surface area contributed by atoms with E-state index < -0.39 is 0 Å². The number of aryl methyl sites for hydroxylation is 1. The van der Waals surface area contributed by atoms with Crippen molar-refractivity contribution in [3.63, 3.8) is 0 Å². The van der Waals surface area contributed by atoms with Gasteiger partial charge in [-0.15, -0.1) is 11.3 Å². The first-order chi connectivity index (χ1) is 8.74. The van der Waals surface area contributed by atoms with Crippen molar-refractivity contribution in [3.05, 3.63) is 51.7 Å². The molecule has 0 fully saturated rings. The van der Waals surface area contributed by atoms with E-state index in [0.717, 1.165) is 10.4 Å². The van der Waals surface area contributed by atoms with E-state index in [2.05, 4.69) is 13.0 Å². The Balaban J connectivity index is 2.20. The van der Waals surface area contributed by atoms with Crippen LogP contribution in [-0.4, -0.2) is 11.7 Å². The maximum absolute atomic E-state index is 9.27. The van der Waals surface area contributed by atoms with Crippen LogP contribution in [0.1, 0.15) is 21.4 Å². The van der Waals surface area contributed by atoms with Crippen molar-refractivity contribution in [2.75, 3.05) is 6.54 Å². The van der Waals surface area contributed by atoms with Crippen molar-refractivity contribution >= 4 is 11.3 Å². The Kier molecular flexibility index (Phi) is 4.36. The molecule has 0 aliphatic carbocycles. The molecule has 0 saturated carbocycles. The highest BCUT2D eigenvalue weighted by Crippen LogP contribution is 2.28. The first-order valence-electron chi connectivity index (χ1n) is 5.86. The van der Waals surface area contributed by atoms with Crippen LogP contribution in [0.2, 0.25) is 0 Å². The Morgan fingerprint density at radius 2 is 2.06 bits per heavy atom. The maximum Gasteiger partial charge on any atom is 0.145 e. The van der Waals surface area contributed by atoms with E-state index >= 15 is 0 Å². The average Bonchev–Trinajstić information content (AvgIpc) is 2.83. The van der Waals surface area contributed by atoms with E-state index in [-0.39, 0.29) is 12.7 Å². The molecule has 18 heavy (non-hydrogen) atoms. The number of benzene rings is 1. The molecule has 0 spiro atoms. The van der Waals surface area contributed by atoms with Crippen molar-refractivity contribution < 1.29 is 9.84 Å². The lowest BCUT2D eigenvalue weighted by Gasteiger charge is -2.18. The first kappa shape index (κ1) is 13.1. The zero-order valence-corrected chi connectivity index (χ0v) is 11.1. The second kappa shape index (κ2) is 6.00. The predicted octanol–water partition coefficient (Wildman–Crippen LogP) is 2.63. The van der Waals surface area contributed by atoms with Gasteiger partial charge in [-0.25, -0.2) is 0 Å². The Morgan fingerprint density at radius 1 is 1.28 bits per heavy atom. The molecule has 0 aliphatic rings. The molecule has 2 rings (SSSR count). The van der Waals surface area contributed by atoms with Gasteiger partial charge in [-0.3, -0.25) is 0 Å². The maximum atomic E-state index is 9.27. The normalized spacial score (nSPS) is 12.4. The van der Waals surface area contributed by atoms with Crippen LogP contribution in [0.25, 0.3) is 0 Å². The summed E-state index contributed by atoms with van der Waals surface area (Å²) in [7, 11) is 0. The third-order valence-electron chi connectivity index (χ3n) is 2.70. The summed E-state index contributed by atoms with van der Waals surface area (Å²) in [6.07, 6.45) is -0.156. The molecular formula is C14H17NO2S. The number of aliphatic hydroxyl groups excluding tert-OH is 1. The molecule has 96 valence electrons. The molecule has 0 radical (unpaired) electrons. The van der Waals surface area contributed by atoms with Gasteiger partial charge >= 0.3 is 0 Å². The van der Waals surface area contributed by atoms with Crippen molar-refractivity contribution in [3.8, 4) is 5.75 Å². The number of hydrogen-bond donors (Lipinski definition) is 2. The third-order valence-corrected chi connectivity index (χ3v) is 3.80. The van der Waals surface area contributed by atoms with Crippen LogP contribution in [-0.2, 0) is 6.61 Å². The molecule has 0 saturated heterocycles. The second-order valence-electron chi connectivity index (χ2n) is 4.06. The monoisotopic (exact) mass is 263 g/mol. The average molecular weight is 263 g/mol. The van der Waals surface area contributed by atoms with Gasteiger partial charge in [-0.2, -0.15) is 0 Å². The molecule has 3 nitrogen and oxygen atoms in total. The largest absolute Gasteiger partial charge is 0.483 e. The number of nitrogens with two attached hydrogens (primary N) is 1. The van der Waals surface area contributed by atoms with Gasteiger partial charge in [0.1, 0.15) is 11.9 Å². The number of hydrogen-bond acceptors (Lipinski definition) is 4. The minimum atomic E-state index is -0.156. The zero-order valence-electron chi connectivity index (χ0n) is 10.3. The van der Waals surface area contributed by atoms with Gasteiger partial charge in [0.2, 0.25) is 0 Å². The number of ether oxygens (including phenoxy) is 1. The zero-order chi connectivity index (χ0) is 13.0. The fourth-order valence-corrected chi connectivity index (χ4v) is 2.67. The summed E-state index contributed by atoms with van der Waals surface area (Å²) in [5, 5.41) is 9.27. The van der Waals surface area contributed by atoms with Crippen LogP contribution >= 0.6 is 11.3 Å². The molecule has 4 heteroatoms. The highest BCUT2D eigenvalue weighted by atomic mass is 32.1. The second-order valence-corrected chi connectivity index (χ2v) is 5.38. The minimum Gasteiger partial charge on any atom is -0.483 e. The van der Waals surface area contributed by atoms with Crippen molar-refractivity contribution in [2.45, 2.75) is 19.6 Å². The summed E-state index contributed by atoms with van der Waals surface area (Å²) in [6.45, 7) is 2.44. The van der Waals surface area contributed by atoms with Crippen molar-refractivity contribution in [1.29, 1.82) is 0 Å². The molecule has 2 aromatic rings. The summed E-state index contributed by atoms with van der Waals surface area (Å²) < 4.78 is 5.91. The molecular weight excluding hydrogens is 246 g/mol. The van der Waals surface area contributed by atoms with Crippen LogP contribution in [0.5, 0.6) is 5.75 Å². The quantitative estimate of drug-likeness (QED) is 0.872. The summed E-state index contributed by atoms with van der Waals surface area (Å²) in [4.78, 5) is 2.35. The van der Waals surface area contributed by atoms with Crippen molar-refractivity contribution in [1.82, 2.24) is 0 Å². The molecule has 0 aliphatic heterocycles. The SMILES string of the molecule is Cc1ccc(C(CN)Oc2ccccc2CO)s1. The predicted molar refractivity (Wildman–Crippen MR) is 73.8 cm³/mol. The van der Waals surface area contributed by atoms with Crippen LogP contribution < -0.4 is 10.5 Å².